The van der Waals surface area contributed by atoms with Gasteiger partial charge in [0.15, 0.2) is 0 Å². The average Bonchev–Trinajstić information content (AvgIpc) is 3.05. The van der Waals surface area contributed by atoms with Gasteiger partial charge in [-0.1, -0.05) is 29.8 Å². The number of benzene rings is 3. The first-order valence-electron chi connectivity index (χ1n) is 15.8. The van der Waals surface area contributed by atoms with E-state index in [9.17, 15) is 27.5 Å². The average molecular weight is 705 g/mol. The molecule has 0 aromatic heterocycles. The molecule has 2 unspecified atom stereocenters. The minimum atomic E-state index is -4.18. The maximum atomic E-state index is 15.4. The molecule has 2 aliphatic heterocycles. The molecule has 3 aromatic carbocycles. The van der Waals surface area contributed by atoms with Crippen LogP contribution in [0.25, 0.3) is 0 Å². The molecule has 0 spiro atoms. The van der Waals surface area contributed by atoms with Crippen LogP contribution in [0.4, 0.5) is 19.3 Å². The first-order chi connectivity index (χ1) is 22.9. The Morgan fingerprint density at radius 3 is 2.35 bits per heavy atom. The fourth-order valence-electron chi connectivity index (χ4n) is 6.86. The van der Waals surface area contributed by atoms with Crippen LogP contribution in [0.1, 0.15) is 43.2 Å². The Kier molecular flexibility index (Phi) is 11.4. The SMILES string of the molecule is CC1CN(C(=O)O)CC(CCc2c(F)cccc2NC(=O)[C@@H](N)[C@@H](c2ccc(Cl)cc2)C2CCOCC2)N1S(=O)(=O)c1ccc(F)cc1. The predicted octanol–water partition coefficient (Wildman–Crippen LogP) is 5.47. The van der Waals surface area contributed by atoms with Gasteiger partial charge in [-0.25, -0.2) is 22.0 Å². The van der Waals surface area contributed by atoms with Gasteiger partial charge in [-0.3, -0.25) is 4.79 Å². The van der Waals surface area contributed by atoms with Crippen molar-refractivity contribution in [3.63, 3.8) is 0 Å². The zero-order valence-electron chi connectivity index (χ0n) is 26.4. The van der Waals surface area contributed by atoms with Crippen molar-refractivity contribution in [3.05, 3.63) is 94.5 Å². The number of amides is 2. The summed E-state index contributed by atoms with van der Waals surface area (Å²) >= 11 is 6.12. The van der Waals surface area contributed by atoms with E-state index in [2.05, 4.69) is 5.32 Å². The van der Waals surface area contributed by atoms with Gasteiger partial charge in [0.1, 0.15) is 11.6 Å². The van der Waals surface area contributed by atoms with Crippen molar-refractivity contribution in [2.45, 2.75) is 61.5 Å². The van der Waals surface area contributed by atoms with Gasteiger partial charge in [0.2, 0.25) is 15.9 Å². The van der Waals surface area contributed by atoms with E-state index in [4.69, 9.17) is 22.1 Å². The molecule has 5 rings (SSSR count). The number of carbonyl (C=O) groups is 2. The summed E-state index contributed by atoms with van der Waals surface area (Å²) in [7, 11) is -4.18. The lowest BCUT2D eigenvalue weighted by molar-refractivity contribution is -0.118. The number of piperazine rings is 1. The fourth-order valence-corrected chi connectivity index (χ4v) is 8.81. The monoisotopic (exact) mass is 704 g/mol. The van der Waals surface area contributed by atoms with Crippen LogP contribution >= 0.6 is 11.6 Å². The van der Waals surface area contributed by atoms with E-state index in [1.54, 1.807) is 25.1 Å². The van der Waals surface area contributed by atoms with E-state index in [-0.39, 0.29) is 53.9 Å². The Labute approximate surface area is 283 Å². The van der Waals surface area contributed by atoms with Gasteiger partial charge in [-0.2, -0.15) is 4.31 Å². The molecule has 14 heteroatoms. The number of nitrogens with zero attached hydrogens (tertiary/aromatic N) is 2. The molecule has 2 heterocycles. The highest BCUT2D eigenvalue weighted by Gasteiger charge is 2.42. The van der Waals surface area contributed by atoms with Gasteiger partial charge in [0.25, 0.3) is 0 Å². The second-order valence-corrected chi connectivity index (χ2v) is 14.6. The van der Waals surface area contributed by atoms with E-state index < -0.39 is 51.8 Å². The normalized spacial score (nSPS) is 20.6. The molecule has 0 bridgehead atoms. The minimum absolute atomic E-state index is 0.0277. The number of carboxylic acid groups (broad SMARTS) is 1. The third-order valence-corrected chi connectivity index (χ3v) is 11.5. The number of anilines is 1. The van der Waals surface area contributed by atoms with Crippen LogP contribution < -0.4 is 11.1 Å². The van der Waals surface area contributed by atoms with Crippen molar-refractivity contribution in [2.24, 2.45) is 11.7 Å². The standard InChI is InChI=1S/C34H39ClF2N4O6S/c1-21-19-40(34(43)44)20-26(41(21)48(45,46)27-12-9-25(36)10-13-27)11-14-28-29(37)3-2-4-30(28)39-33(42)32(38)31(23-15-17-47-18-16-23)22-5-7-24(35)8-6-22/h2-10,12-13,21,23,26,31-32H,11,14-20,38H2,1H3,(H,39,42)(H,43,44)/t21?,26?,31-,32-/m0/s1. The molecule has 2 amide bonds. The second kappa shape index (κ2) is 15.3. The van der Waals surface area contributed by atoms with E-state index in [0.29, 0.717) is 31.1 Å². The van der Waals surface area contributed by atoms with Gasteiger partial charge >= 0.3 is 6.09 Å². The topological polar surface area (TPSA) is 142 Å². The highest BCUT2D eigenvalue weighted by atomic mass is 35.5. The lowest BCUT2D eigenvalue weighted by Crippen LogP contribution is -2.60. The van der Waals surface area contributed by atoms with Crippen molar-refractivity contribution < 1.29 is 36.6 Å². The van der Waals surface area contributed by atoms with Crippen LogP contribution in [0.5, 0.6) is 0 Å². The smallest absolute Gasteiger partial charge is 0.407 e. The fraction of sp³-hybridized carbons (Fsp3) is 0.412. The maximum Gasteiger partial charge on any atom is 0.407 e. The van der Waals surface area contributed by atoms with Gasteiger partial charge in [-0.15, -0.1) is 0 Å². The Bertz CT molecular complexity index is 1710. The van der Waals surface area contributed by atoms with Crippen molar-refractivity contribution in [2.75, 3.05) is 31.6 Å². The van der Waals surface area contributed by atoms with E-state index >= 15 is 4.39 Å². The Hall–Kier alpha value is -3.62. The molecule has 10 nitrogen and oxygen atoms in total. The van der Waals surface area contributed by atoms with Crippen molar-refractivity contribution in [1.29, 1.82) is 0 Å². The van der Waals surface area contributed by atoms with Gasteiger partial charge in [-0.05, 0) is 92.6 Å². The second-order valence-electron chi connectivity index (χ2n) is 12.3. The van der Waals surface area contributed by atoms with E-state index in [0.717, 1.165) is 34.7 Å². The Morgan fingerprint density at radius 1 is 1.04 bits per heavy atom. The summed E-state index contributed by atoms with van der Waals surface area (Å²) in [5.74, 6) is -2.04. The minimum Gasteiger partial charge on any atom is -0.465 e. The summed E-state index contributed by atoms with van der Waals surface area (Å²) in [6.45, 7) is 2.45. The molecule has 2 fully saturated rings. The highest BCUT2D eigenvalue weighted by molar-refractivity contribution is 7.89. The summed E-state index contributed by atoms with van der Waals surface area (Å²) < 4.78 is 63.3. The number of hydrogen-bond acceptors (Lipinski definition) is 6. The van der Waals surface area contributed by atoms with Gasteiger partial charge in [0, 0.05) is 60.6 Å². The molecule has 0 saturated carbocycles. The molecule has 0 aliphatic carbocycles. The van der Waals surface area contributed by atoms with Crippen LogP contribution in [0.15, 0.2) is 71.6 Å². The maximum absolute atomic E-state index is 15.4. The first kappa shape index (κ1) is 35.7. The van der Waals surface area contributed by atoms with Crippen LogP contribution in [0, 0.1) is 17.6 Å². The number of ether oxygens (including phenoxy) is 1. The summed E-state index contributed by atoms with van der Waals surface area (Å²) in [5.41, 5.74) is 7.81. The molecule has 2 saturated heterocycles. The molecular weight excluding hydrogens is 666 g/mol. The van der Waals surface area contributed by atoms with E-state index in [1.807, 2.05) is 12.1 Å². The predicted molar refractivity (Wildman–Crippen MR) is 177 cm³/mol. The van der Waals surface area contributed by atoms with E-state index in [1.165, 1.54) is 16.4 Å². The summed E-state index contributed by atoms with van der Waals surface area (Å²) in [6.07, 6.45) is 0.213. The van der Waals surface area contributed by atoms with Gasteiger partial charge < -0.3 is 25.8 Å². The summed E-state index contributed by atoms with van der Waals surface area (Å²) in [4.78, 5) is 26.7. The number of halogens is 3. The molecule has 2 aliphatic rings. The van der Waals surface area contributed by atoms with Crippen LogP contribution in [-0.2, 0) is 26.0 Å². The molecule has 0 radical (unpaired) electrons. The summed E-state index contributed by atoms with van der Waals surface area (Å²) in [5, 5.41) is 13.1. The zero-order valence-corrected chi connectivity index (χ0v) is 28.0. The molecule has 258 valence electrons. The highest BCUT2D eigenvalue weighted by Crippen LogP contribution is 2.36. The third kappa shape index (κ3) is 7.98. The van der Waals surface area contributed by atoms with Crippen molar-refractivity contribution >= 4 is 39.3 Å². The molecular formula is C34H39ClF2N4O6S. The number of nitrogens with two attached hydrogens (primary N) is 1. The van der Waals surface area contributed by atoms with Crippen molar-refractivity contribution in [1.82, 2.24) is 9.21 Å². The molecule has 3 aromatic rings. The number of rotatable bonds is 10. The lowest BCUT2D eigenvalue weighted by Gasteiger charge is -2.43. The third-order valence-electron chi connectivity index (χ3n) is 9.19. The van der Waals surface area contributed by atoms with Crippen LogP contribution in [0.2, 0.25) is 5.02 Å². The molecule has 4 N–H and O–H groups in total. The number of hydrogen-bond donors (Lipinski definition) is 3. The largest absolute Gasteiger partial charge is 0.465 e. The zero-order chi connectivity index (χ0) is 34.6. The quantitative estimate of drug-likeness (QED) is 0.254. The Morgan fingerprint density at radius 2 is 1.71 bits per heavy atom. The molecule has 4 atom stereocenters. The summed E-state index contributed by atoms with van der Waals surface area (Å²) in [6, 6.07) is 13.2. The first-order valence-corrected chi connectivity index (χ1v) is 17.6. The van der Waals surface area contributed by atoms with Crippen LogP contribution in [-0.4, -0.2) is 79.2 Å². The Balaban J connectivity index is 1.39. The van der Waals surface area contributed by atoms with Crippen molar-refractivity contribution in [3.8, 4) is 0 Å². The lowest BCUT2D eigenvalue weighted by atomic mass is 9.76. The number of carbonyl (C=O) groups excluding carboxylic acids is 1. The molecule has 48 heavy (non-hydrogen) atoms. The number of nitrogens with one attached hydrogen (secondary N) is 1. The van der Waals surface area contributed by atoms with Crippen LogP contribution in [0.3, 0.4) is 0 Å². The number of sulfonamides is 1. The van der Waals surface area contributed by atoms with Gasteiger partial charge in [0.05, 0.1) is 10.9 Å².